The largest absolute Gasteiger partial charge is 0.507 e. The molecule has 25 heavy (non-hydrogen) atoms. The second-order valence-corrected chi connectivity index (χ2v) is 6.57. The number of phenols is 1. The highest BCUT2D eigenvalue weighted by molar-refractivity contribution is 5.93. The van der Waals surface area contributed by atoms with Crippen LogP contribution in [0.4, 0.5) is 0 Å². The molecule has 0 saturated heterocycles. The standard InChI is InChI=1S/C21H30O4/c1-6-8-16-13-18(25-5)17(20(22)19(16)21(23)24)12-11-15(4)10-7-9-14(2)3/h9,11,13,22H,6-8,10,12H2,1-5H3,(H,23,24)/b15-11+. The van der Waals surface area contributed by atoms with E-state index in [0.717, 1.165) is 19.3 Å². The Hall–Kier alpha value is -2.23. The molecule has 4 nitrogen and oxygen atoms in total. The molecular weight excluding hydrogens is 316 g/mol. The first-order valence-corrected chi connectivity index (χ1v) is 8.75. The van der Waals surface area contributed by atoms with Gasteiger partial charge in [-0.2, -0.15) is 0 Å². The van der Waals surface area contributed by atoms with E-state index >= 15 is 0 Å². The fraction of sp³-hybridized carbons (Fsp3) is 0.476. The van der Waals surface area contributed by atoms with E-state index in [1.807, 2.05) is 19.9 Å². The van der Waals surface area contributed by atoms with Crippen LogP contribution in [-0.2, 0) is 12.8 Å². The summed E-state index contributed by atoms with van der Waals surface area (Å²) in [5.41, 5.74) is 3.63. The fourth-order valence-corrected chi connectivity index (χ4v) is 2.79. The Morgan fingerprint density at radius 3 is 2.44 bits per heavy atom. The van der Waals surface area contributed by atoms with Crippen molar-refractivity contribution in [2.24, 2.45) is 0 Å². The molecule has 1 aromatic carbocycles. The number of rotatable bonds is 9. The summed E-state index contributed by atoms with van der Waals surface area (Å²) in [7, 11) is 1.54. The van der Waals surface area contributed by atoms with Crippen LogP contribution < -0.4 is 4.74 Å². The minimum atomic E-state index is -1.10. The van der Waals surface area contributed by atoms with E-state index in [1.165, 1.54) is 11.1 Å². The molecule has 0 aliphatic carbocycles. The van der Waals surface area contributed by atoms with E-state index in [2.05, 4.69) is 19.9 Å². The maximum atomic E-state index is 11.6. The zero-order valence-electron chi connectivity index (χ0n) is 16.0. The number of methoxy groups -OCH3 is 1. The molecule has 0 aliphatic rings. The van der Waals surface area contributed by atoms with Gasteiger partial charge in [-0.25, -0.2) is 4.79 Å². The number of aromatic hydroxyl groups is 1. The van der Waals surface area contributed by atoms with E-state index in [9.17, 15) is 15.0 Å². The smallest absolute Gasteiger partial charge is 0.339 e. The zero-order valence-corrected chi connectivity index (χ0v) is 16.0. The van der Waals surface area contributed by atoms with Gasteiger partial charge in [-0.15, -0.1) is 0 Å². The number of hydrogen-bond donors (Lipinski definition) is 2. The summed E-state index contributed by atoms with van der Waals surface area (Å²) < 4.78 is 5.40. The molecule has 1 rings (SSSR count). The fourth-order valence-electron chi connectivity index (χ4n) is 2.79. The third kappa shape index (κ3) is 5.96. The molecule has 2 N–H and O–H groups in total. The van der Waals surface area contributed by atoms with Crippen LogP contribution in [0.5, 0.6) is 11.5 Å². The topological polar surface area (TPSA) is 66.8 Å². The molecule has 0 spiro atoms. The van der Waals surface area contributed by atoms with Crippen molar-refractivity contribution in [2.45, 2.75) is 59.8 Å². The van der Waals surface area contributed by atoms with Crippen molar-refractivity contribution >= 4 is 5.97 Å². The molecule has 0 saturated carbocycles. The molecule has 0 heterocycles. The zero-order chi connectivity index (χ0) is 19.0. The van der Waals surface area contributed by atoms with Crippen LogP contribution in [0, 0.1) is 0 Å². The maximum Gasteiger partial charge on any atom is 0.339 e. The molecular formula is C21H30O4. The molecule has 0 aliphatic heterocycles. The van der Waals surface area contributed by atoms with Crippen molar-refractivity contribution < 1.29 is 19.7 Å². The van der Waals surface area contributed by atoms with Crippen molar-refractivity contribution in [3.8, 4) is 11.5 Å². The summed E-state index contributed by atoms with van der Waals surface area (Å²) in [5.74, 6) is -0.739. The van der Waals surface area contributed by atoms with Gasteiger partial charge in [-0.3, -0.25) is 0 Å². The van der Waals surface area contributed by atoms with Gasteiger partial charge in [-0.05, 0) is 58.1 Å². The lowest BCUT2D eigenvalue weighted by Gasteiger charge is -2.15. The van der Waals surface area contributed by atoms with Gasteiger partial charge in [0.1, 0.15) is 17.1 Å². The van der Waals surface area contributed by atoms with Crippen LogP contribution in [-0.4, -0.2) is 23.3 Å². The third-order valence-corrected chi connectivity index (χ3v) is 4.15. The number of benzene rings is 1. The third-order valence-electron chi connectivity index (χ3n) is 4.15. The summed E-state index contributed by atoms with van der Waals surface area (Å²) in [6, 6.07) is 1.74. The average Bonchev–Trinajstić information content (AvgIpc) is 2.53. The predicted molar refractivity (Wildman–Crippen MR) is 102 cm³/mol. The molecule has 4 heteroatoms. The molecule has 0 bridgehead atoms. The van der Waals surface area contributed by atoms with Crippen molar-refractivity contribution in [1.29, 1.82) is 0 Å². The van der Waals surface area contributed by atoms with E-state index in [-0.39, 0.29) is 11.3 Å². The molecule has 0 unspecified atom stereocenters. The highest BCUT2D eigenvalue weighted by Gasteiger charge is 2.22. The van der Waals surface area contributed by atoms with Gasteiger partial charge in [0.15, 0.2) is 0 Å². The van der Waals surface area contributed by atoms with Crippen LogP contribution in [0.15, 0.2) is 29.4 Å². The van der Waals surface area contributed by atoms with Crippen LogP contribution in [0.2, 0.25) is 0 Å². The number of ether oxygens (including phenoxy) is 1. The number of aryl methyl sites for hydroxylation is 1. The van der Waals surface area contributed by atoms with Gasteiger partial charge in [-0.1, -0.05) is 36.6 Å². The number of carboxylic acid groups (broad SMARTS) is 1. The first-order chi connectivity index (χ1) is 11.8. The first-order valence-electron chi connectivity index (χ1n) is 8.75. The van der Waals surface area contributed by atoms with E-state index < -0.39 is 5.97 Å². The van der Waals surface area contributed by atoms with Gasteiger partial charge in [0.2, 0.25) is 0 Å². The predicted octanol–water partition coefficient (Wildman–Crippen LogP) is 5.29. The Labute approximate surface area is 150 Å². The lowest BCUT2D eigenvalue weighted by Crippen LogP contribution is -2.07. The van der Waals surface area contributed by atoms with Gasteiger partial charge < -0.3 is 14.9 Å². The minimum absolute atomic E-state index is 0.00626. The lowest BCUT2D eigenvalue weighted by atomic mass is 9.95. The van der Waals surface area contributed by atoms with Crippen molar-refractivity contribution in [3.05, 3.63) is 46.1 Å². The normalized spacial score (nSPS) is 11.3. The summed E-state index contributed by atoms with van der Waals surface area (Å²) in [6.45, 7) is 8.17. The number of hydrogen-bond acceptors (Lipinski definition) is 3. The summed E-state index contributed by atoms with van der Waals surface area (Å²) in [5, 5.41) is 20.0. The second-order valence-electron chi connectivity index (χ2n) is 6.57. The summed E-state index contributed by atoms with van der Waals surface area (Å²) in [4.78, 5) is 11.6. The Morgan fingerprint density at radius 2 is 1.92 bits per heavy atom. The van der Waals surface area contributed by atoms with E-state index in [0.29, 0.717) is 29.7 Å². The Kier molecular flexibility index (Phi) is 8.26. The van der Waals surface area contributed by atoms with Gasteiger partial charge in [0.25, 0.3) is 0 Å². The molecule has 0 aromatic heterocycles. The highest BCUT2D eigenvalue weighted by Crippen LogP contribution is 2.36. The van der Waals surface area contributed by atoms with Crippen molar-refractivity contribution in [1.82, 2.24) is 0 Å². The Bertz CT molecular complexity index is 665. The minimum Gasteiger partial charge on any atom is -0.507 e. The summed E-state index contributed by atoms with van der Waals surface area (Å²) in [6.07, 6.45) is 7.97. The maximum absolute atomic E-state index is 11.6. The molecule has 138 valence electrons. The molecule has 0 amide bonds. The highest BCUT2D eigenvalue weighted by atomic mass is 16.5. The monoisotopic (exact) mass is 346 g/mol. The molecule has 0 radical (unpaired) electrons. The van der Waals surface area contributed by atoms with Crippen LogP contribution in [0.1, 0.15) is 68.4 Å². The second kappa shape index (κ2) is 9.92. The SMILES string of the molecule is CCCc1cc(OC)c(C/C=C(\C)CCC=C(C)C)c(O)c1C(=O)O. The number of carbonyl (C=O) groups is 1. The molecule has 1 aromatic rings. The average molecular weight is 346 g/mol. The molecule has 0 atom stereocenters. The van der Waals surface area contributed by atoms with Gasteiger partial charge in [0, 0.05) is 5.56 Å². The Balaban J connectivity index is 3.15. The van der Waals surface area contributed by atoms with E-state index in [1.54, 1.807) is 13.2 Å². The van der Waals surface area contributed by atoms with Gasteiger partial charge >= 0.3 is 5.97 Å². The summed E-state index contributed by atoms with van der Waals surface area (Å²) >= 11 is 0. The number of allylic oxidation sites excluding steroid dienone is 4. The number of carboxylic acids is 1. The van der Waals surface area contributed by atoms with Gasteiger partial charge in [0.05, 0.1) is 7.11 Å². The number of aromatic carboxylic acids is 1. The Morgan fingerprint density at radius 1 is 1.24 bits per heavy atom. The van der Waals surface area contributed by atoms with Crippen LogP contribution >= 0.6 is 0 Å². The first kappa shape index (κ1) is 20.8. The van der Waals surface area contributed by atoms with Crippen molar-refractivity contribution in [3.63, 3.8) is 0 Å². The molecule has 0 fully saturated rings. The van der Waals surface area contributed by atoms with Crippen LogP contribution in [0.3, 0.4) is 0 Å². The quantitative estimate of drug-likeness (QED) is 0.596. The van der Waals surface area contributed by atoms with E-state index in [4.69, 9.17) is 4.74 Å². The van der Waals surface area contributed by atoms with Crippen molar-refractivity contribution in [2.75, 3.05) is 7.11 Å². The van der Waals surface area contributed by atoms with Crippen LogP contribution in [0.25, 0.3) is 0 Å². The lowest BCUT2D eigenvalue weighted by molar-refractivity contribution is 0.0692.